The van der Waals surface area contributed by atoms with Crippen LogP contribution in [-0.4, -0.2) is 46.2 Å². The van der Waals surface area contributed by atoms with Gasteiger partial charge in [0.15, 0.2) is 5.82 Å². The second-order valence-corrected chi connectivity index (χ2v) is 7.35. The number of hydrogen-bond acceptors (Lipinski definition) is 4. The lowest BCUT2D eigenvalue weighted by Gasteiger charge is -2.35. The normalized spacial score (nSPS) is 16.8. The highest BCUT2D eigenvalue weighted by molar-refractivity contribution is 5.94. The van der Waals surface area contributed by atoms with E-state index in [4.69, 9.17) is 0 Å². The molecule has 3 aromatic rings. The number of rotatable bonds is 4. The third-order valence-corrected chi connectivity index (χ3v) is 5.30. The van der Waals surface area contributed by atoms with Crippen LogP contribution in [0.25, 0.3) is 5.69 Å². The summed E-state index contributed by atoms with van der Waals surface area (Å²) in [5, 5.41) is 8.53. The lowest BCUT2D eigenvalue weighted by atomic mass is 9.99. The van der Waals surface area contributed by atoms with Gasteiger partial charge in [0.25, 0.3) is 5.91 Å². The molecule has 6 nitrogen and oxygen atoms in total. The highest BCUT2D eigenvalue weighted by atomic mass is 16.2. The quantitative estimate of drug-likeness (QED) is 0.698. The molecule has 0 saturated carbocycles. The second kappa shape index (κ2) is 7.84. The van der Waals surface area contributed by atoms with Gasteiger partial charge in [-0.1, -0.05) is 18.2 Å². The number of amides is 1. The Labute approximate surface area is 165 Å². The molecule has 1 saturated heterocycles. The molecule has 1 aromatic heterocycles. The van der Waals surface area contributed by atoms with E-state index in [-0.39, 0.29) is 11.9 Å². The van der Waals surface area contributed by atoms with E-state index in [0.717, 1.165) is 43.0 Å². The van der Waals surface area contributed by atoms with Gasteiger partial charge in [0, 0.05) is 37.6 Å². The van der Waals surface area contributed by atoms with Crippen LogP contribution in [0.1, 0.15) is 41.5 Å². The monoisotopic (exact) mass is 375 g/mol. The van der Waals surface area contributed by atoms with Gasteiger partial charge < -0.3 is 9.80 Å². The third-order valence-electron chi connectivity index (χ3n) is 5.30. The number of piperidine rings is 1. The summed E-state index contributed by atoms with van der Waals surface area (Å²) >= 11 is 0. The van der Waals surface area contributed by atoms with E-state index in [1.54, 1.807) is 6.33 Å². The van der Waals surface area contributed by atoms with Crippen molar-refractivity contribution in [2.45, 2.75) is 25.3 Å². The number of aromatic nitrogens is 3. The standard InChI is InChI=1S/C22H25N5O/c1-25(2)18-13-11-17(12-14-18)22(28)26-15-7-6-10-20(26)21-24-23-16-27(21)19-8-4-3-5-9-19/h3-5,8-9,11-14,16,20H,6-7,10,15H2,1-2H3. The van der Waals surface area contributed by atoms with Gasteiger partial charge in [-0.3, -0.25) is 9.36 Å². The smallest absolute Gasteiger partial charge is 0.254 e. The van der Waals surface area contributed by atoms with Crippen molar-refractivity contribution < 1.29 is 4.79 Å². The fourth-order valence-corrected chi connectivity index (χ4v) is 3.77. The SMILES string of the molecule is CN(C)c1ccc(C(=O)N2CCCCC2c2nncn2-c2ccccc2)cc1. The summed E-state index contributed by atoms with van der Waals surface area (Å²) in [4.78, 5) is 17.3. The van der Waals surface area contributed by atoms with E-state index < -0.39 is 0 Å². The van der Waals surface area contributed by atoms with Crippen molar-refractivity contribution in [1.29, 1.82) is 0 Å². The number of hydrogen-bond donors (Lipinski definition) is 0. The van der Waals surface area contributed by atoms with E-state index in [9.17, 15) is 4.79 Å². The first-order chi connectivity index (χ1) is 13.6. The Morgan fingerprint density at radius 3 is 2.50 bits per heavy atom. The summed E-state index contributed by atoms with van der Waals surface area (Å²) in [5.74, 6) is 0.877. The molecule has 144 valence electrons. The maximum absolute atomic E-state index is 13.3. The highest BCUT2D eigenvalue weighted by Crippen LogP contribution is 2.32. The van der Waals surface area contributed by atoms with Crippen molar-refractivity contribution in [3.8, 4) is 5.69 Å². The average molecular weight is 375 g/mol. The molecule has 1 aliphatic heterocycles. The Balaban J connectivity index is 1.64. The molecule has 1 atom stereocenters. The van der Waals surface area contributed by atoms with Crippen LogP contribution in [0.5, 0.6) is 0 Å². The van der Waals surface area contributed by atoms with E-state index in [1.807, 2.05) is 83.1 Å². The summed E-state index contributed by atoms with van der Waals surface area (Å²) in [6.07, 6.45) is 4.72. The minimum absolute atomic E-state index is 0.0533. The van der Waals surface area contributed by atoms with Gasteiger partial charge in [0.1, 0.15) is 6.33 Å². The fraction of sp³-hybridized carbons (Fsp3) is 0.318. The number of anilines is 1. The van der Waals surface area contributed by atoms with Crippen LogP contribution >= 0.6 is 0 Å². The summed E-state index contributed by atoms with van der Waals surface area (Å²) in [7, 11) is 3.99. The van der Waals surface area contributed by atoms with E-state index in [0.29, 0.717) is 5.56 Å². The van der Waals surface area contributed by atoms with Crippen molar-refractivity contribution in [1.82, 2.24) is 19.7 Å². The lowest BCUT2D eigenvalue weighted by Crippen LogP contribution is -2.39. The molecule has 1 unspecified atom stereocenters. The molecule has 0 N–H and O–H groups in total. The summed E-state index contributed by atoms with van der Waals surface area (Å²) < 4.78 is 1.99. The largest absolute Gasteiger partial charge is 0.378 e. The molecule has 0 aliphatic carbocycles. The van der Waals surface area contributed by atoms with Gasteiger partial charge >= 0.3 is 0 Å². The second-order valence-electron chi connectivity index (χ2n) is 7.35. The molecule has 1 fully saturated rings. The minimum atomic E-state index is -0.0718. The molecular weight excluding hydrogens is 350 g/mol. The van der Waals surface area contributed by atoms with Crippen LogP contribution in [0.4, 0.5) is 5.69 Å². The zero-order valence-corrected chi connectivity index (χ0v) is 16.3. The van der Waals surface area contributed by atoms with Gasteiger partial charge in [-0.15, -0.1) is 10.2 Å². The number of para-hydroxylation sites is 1. The predicted octanol–water partition coefficient (Wildman–Crippen LogP) is 3.70. The van der Waals surface area contributed by atoms with E-state index >= 15 is 0 Å². The molecule has 0 bridgehead atoms. The first-order valence-corrected chi connectivity index (χ1v) is 9.69. The van der Waals surface area contributed by atoms with Crippen LogP contribution in [0.2, 0.25) is 0 Å². The third kappa shape index (κ3) is 3.50. The molecule has 1 amide bonds. The van der Waals surface area contributed by atoms with Crippen LogP contribution < -0.4 is 4.90 Å². The molecular formula is C22H25N5O. The van der Waals surface area contributed by atoms with Crippen molar-refractivity contribution in [3.05, 3.63) is 72.3 Å². The fourth-order valence-electron chi connectivity index (χ4n) is 3.77. The molecule has 6 heteroatoms. The summed E-state index contributed by atoms with van der Waals surface area (Å²) in [6.45, 7) is 0.737. The van der Waals surface area contributed by atoms with E-state index in [1.165, 1.54) is 0 Å². The van der Waals surface area contributed by atoms with Crippen LogP contribution in [0, 0.1) is 0 Å². The molecule has 2 aromatic carbocycles. The Kier molecular flexibility index (Phi) is 5.10. The van der Waals surface area contributed by atoms with E-state index in [2.05, 4.69) is 10.2 Å². The zero-order chi connectivity index (χ0) is 19.5. The van der Waals surface area contributed by atoms with Crippen LogP contribution in [-0.2, 0) is 0 Å². The molecule has 4 rings (SSSR count). The number of nitrogens with zero attached hydrogens (tertiary/aromatic N) is 5. The minimum Gasteiger partial charge on any atom is -0.378 e. The van der Waals surface area contributed by atoms with Gasteiger partial charge in [0.05, 0.1) is 6.04 Å². The molecule has 0 radical (unpaired) electrons. The molecule has 28 heavy (non-hydrogen) atoms. The summed E-state index contributed by atoms with van der Waals surface area (Å²) in [5.41, 5.74) is 2.80. The number of carbonyl (C=O) groups is 1. The van der Waals surface area contributed by atoms with Gasteiger partial charge in [-0.05, 0) is 55.7 Å². The topological polar surface area (TPSA) is 54.3 Å². The average Bonchev–Trinajstić information content (AvgIpc) is 3.24. The number of benzene rings is 2. The molecule has 2 heterocycles. The first-order valence-electron chi connectivity index (χ1n) is 9.69. The van der Waals surface area contributed by atoms with Gasteiger partial charge in [-0.25, -0.2) is 0 Å². The number of carbonyl (C=O) groups excluding carboxylic acids is 1. The van der Waals surface area contributed by atoms with Gasteiger partial charge in [0.2, 0.25) is 0 Å². The Bertz CT molecular complexity index is 933. The zero-order valence-electron chi connectivity index (χ0n) is 16.3. The lowest BCUT2D eigenvalue weighted by molar-refractivity contribution is 0.0597. The van der Waals surface area contributed by atoms with Crippen molar-refractivity contribution in [2.24, 2.45) is 0 Å². The first kappa shape index (κ1) is 18.2. The maximum Gasteiger partial charge on any atom is 0.254 e. The van der Waals surface area contributed by atoms with Crippen molar-refractivity contribution >= 4 is 11.6 Å². The Morgan fingerprint density at radius 1 is 1.04 bits per heavy atom. The number of likely N-dealkylation sites (tertiary alicyclic amines) is 1. The van der Waals surface area contributed by atoms with Gasteiger partial charge in [-0.2, -0.15) is 0 Å². The highest BCUT2D eigenvalue weighted by Gasteiger charge is 2.32. The van der Waals surface area contributed by atoms with Crippen LogP contribution in [0.15, 0.2) is 60.9 Å². The molecule has 0 spiro atoms. The predicted molar refractivity (Wildman–Crippen MR) is 110 cm³/mol. The Hall–Kier alpha value is -3.15. The van der Waals surface area contributed by atoms with Crippen molar-refractivity contribution in [2.75, 3.05) is 25.5 Å². The van der Waals surface area contributed by atoms with Crippen molar-refractivity contribution in [3.63, 3.8) is 0 Å². The summed E-state index contributed by atoms with van der Waals surface area (Å²) in [6, 6.07) is 17.8. The van der Waals surface area contributed by atoms with Crippen LogP contribution in [0.3, 0.4) is 0 Å². The molecule has 1 aliphatic rings. The maximum atomic E-state index is 13.3. The Morgan fingerprint density at radius 2 is 1.79 bits per heavy atom.